The number of hydrogen-bond acceptors (Lipinski definition) is 5. The van der Waals surface area contributed by atoms with Crippen molar-refractivity contribution < 1.29 is 23.9 Å². The Morgan fingerprint density at radius 3 is 2.17 bits per heavy atom. The predicted molar refractivity (Wildman–Crippen MR) is 108 cm³/mol. The third-order valence-electron chi connectivity index (χ3n) is 3.68. The van der Waals surface area contributed by atoms with Gasteiger partial charge in [0.1, 0.15) is 6.54 Å². The molecule has 158 valence electrons. The Morgan fingerprint density at radius 1 is 0.900 bits per heavy atom. The van der Waals surface area contributed by atoms with Gasteiger partial charge in [-0.15, -0.1) is 0 Å². The molecule has 0 aliphatic carbocycles. The SMILES string of the molecule is CCOC(=O)CNC(=O)N(Cc1ccccc1)NC(=O)NNC(=O)c1ccccc1. The minimum atomic E-state index is -0.846. The summed E-state index contributed by atoms with van der Waals surface area (Å²) in [5.41, 5.74) is 7.83. The molecule has 0 heterocycles. The third kappa shape index (κ3) is 7.50. The van der Waals surface area contributed by atoms with Crippen LogP contribution in [0.2, 0.25) is 0 Å². The largest absolute Gasteiger partial charge is 0.465 e. The molecule has 0 fully saturated rings. The van der Waals surface area contributed by atoms with Crippen molar-refractivity contribution >= 4 is 23.9 Å². The molecular formula is C20H23N5O5. The summed E-state index contributed by atoms with van der Waals surface area (Å²) in [5, 5.41) is 3.34. The molecule has 10 heteroatoms. The van der Waals surface area contributed by atoms with Gasteiger partial charge in [-0.05, 0) is 24.6 Å². The van der Waals surface area contributed by atoms with Gasteiger partial charge in [-0.3, -0.25) is 15.0 Å². The molecule has 2 rings (SSSR count). The number of ether oxygens (including phenoxy) is 1. The van der Waals surface area contributed by atoms with Crippen LogP contribution >= 0.6 is 0 Å². The van der Waals surface area contributed by atoms with Crippen LogP contribution in [0.3, 0.4) is 0 Å². The summed E-state index contributed by atoms with van der Waals surface area (Å²) < 4.78 is 4.76. The van der Waals surface area contributed by atoms with Crippen molar-refractivity contribution in [3.05, 3.63) is 71.8 Å². The number of urea groups is 2. The number of hydrogen-bond donors (Lipinski definition) is 4. The molecule has 0 saturated carbocycles. The summed E-state index contributed by atoms with van der Waals surface area (Å²) in [6, 6.07) is 15.6. The van der Waals surface area contributed by atoms with Gasteiger partial charge in [0.15, 0.2) is 0 Å². The number of carbonyl (C=O) groups is 4. The van der Waals surface area contributed by atoms with Crippen molar-refractivity contribution in [2.24, 2.45) is 0 Å². The van der Waals surface area contributed by atoms with Crippen LogP contribution in [0.5, 0.6) is 0 Å². The smallest absolute Gasteiger partial charge is 0.352 e. The van der Waals surface area contributed by atoms with Crippen LogP contribution in [-0.4, -0.2) is 42.1 Å². The van der Waals surface area contributed by atoms with Gasteiger partial charge < -0.3 is 10.1 Å². The fourth-order valence-electron chi connectivity index (χ4n) is 2.31. The first-order chi connectivity index (χ1) is 14.5. The lowest BCUT2D eigenvalue weighted by molar-refractivity contribution is -0.141. The Bertz CT molecular complexity index is 860. The van der Waals surface area contributed by atoms with Crippen LogP contribution in [0.4, 0.5) is 9.59 Å². The summed E-state index contributed by atoms with van der Waals surface area (Å²) in [4.78, 5) is 48.1. The number of nitrogens with zero attached hydrogens (tertiary/aromatic N) is 1. The minimum Gasteiger partial charge on any atom is -0.465 e. The number of hydrazine groups is 2. The van der Waals surface area contributed by atoms with Gasteiger partial charge in [0.05, 0.1) is 13.2 Å². The fraction of sp³-hybridized carbons (Fsp3) is 0.200. The highest BCUT2D eigenvalue weighted by Crippen LogP contribution is 2.03. The molecule has 10 nitrogen and oxygen atoms in total. The molecule has 4 N–H and O–H groups in total. The standard InChI is InChI=1S/C20H23N5O5/c1-2-30-17(26)13-21-20(29)25(14-15-9-5-3-6-10-15)24-19(28)23-22-18(27)16-11-7-4-8-12-16/h3-12H,2,13-14H2,1H3,(H,21,29)(H,22,27)(H2,23,24,28). The second-order valence-electron chi connectivity index (χ2n) is 5.92. The van der Waals surface area contributed by atoms with E-state index in [1.54, 1.807) is 61.5 Å². The van der Waals surface area contributed by atoms with E-state index in [4.69, 9.17) is 4.74 Å². The second-order valence-corrected chi connectivity index (χ2v) is 5.92. The van der Waals surface area contributed by atoms with E-state index in [1.807, 2.05) is 6.07 Å². The van der Waals surface area contributed by atoms with Gasteiger partial charge in [-0.1, -0.05) is 48.5 Å². The molecule has 0 atom stereocenters. The van der Waals surface area contributed by atoms with Crippen molar-refractivity contribution in [1.29, 1.82) is 0 Å². The average molecular weight is 413 g/mol. The van der Waals surface area contributed by atoms with E-state index in [-0.39, 0.29) is 19.7 Å². The van der Waals surface area contributed by atoms with E-state index in [0.29, 0.717) is 5.56 Å². The maximum absolute atomic E-state index is 12.4. The quantitative estimate of drug-likeness (QED) is 0.419. The number of esters is 1. The molecule has 30 heavy (non-hydrogen) atoms. The van der Waals surface area contributed by atoms with Gasteiger partial charge in [-0.2, -0.15) is 0 Å². The lowest BCUT2D eigenvalue weighted by atomic mass is 10.2. The lowest BCUT2D eigenvalue weighted by Gasteiger charge is -2.23. The highest BCUT2D eigenvalue weighted by molar-refractivity contribution is 5.95. The summed E-state index contributed by atoms with van der Waals surface area (Å²) in [6.45, 7) is 1.50. The number of amides is 5. The Balaban J connectivity index is 1.95. The second kappa shape index (κ2) is 11.7. The minimum absolute atomic E-state index is 0.0234. The normalized spacial score (nSPS) is 9.77. The summed E-state index contributed by atoms with van der Waals surface area (Å²) in [6.07, 6.45) is 0. The average Bonchev–Trinajstić information content (AvgIpc) is 2.77. The molecular weight excluding hydrogens is 390 g/mol. The monoisotopic (exact) mass is 413 g/mol. The van der Waals surface area contributed by atoms with Gasteiger partial charge in [0, 0.05) is 5.56 Å². The zero-order valence-electron chi connectivity index (χ0n) is 16.4. The van der Waals surface area contributed by atoms with Gasteiger partial charge in [0.2, 0.25) is 0 Å². The number of rotatable bonds is 6. The molecule has 0 unspecified atom stereocenters. The van der Waals surface area contributed by atoms with Crippen LogP contribution < -0.4 is 21.6 Å². The molecule has 2 aromatic rings. The van der Waals surface area contributed by atoms with Gasteiger partial charge >= 0.3 is 18.0 Å². The first-order valence-electron chi connectivity index (χ1n) is 9.16. The van der Waals surface area contributed by atoms with Crippen LogP contribution in [-0.2, 0) is 16.1 Å². The highest BCUT2D eigenvalue weighted by atomic mass is 16.5. The Hall–Kier alpha value is -4.08. The Kier molecular flexibility index (Phi) is 8.66. The molecule has 0 bridgehead atoms. The van der Waals surface area contributed by atoms with E-state index in [9.17, 15) is 19.2 Å². The van der Waals surface area contributed by atoms with Gasteiger partial charge in [0.25, 0.3) is 5.91 Å². The van der Waals surface area contributed by atoms with E-state index in [2.05, 4.69) is 21.6 Å². The Labute approximate surface area is 173 Å². The summed E-state index contributed by atoms with van der Waals surface area (Å²) in [7, 11) is 0. The van der Waals surface area contributed by atoms with Crippen molar-refractivity contribution in [3.8, 4) is 0 Å². The fourth-order valence-corrected chi connectivity index (χ4v) is 2.31. The molecule has 2 aromatic carbocycles. The maximum Gasteiger partial charge on any atom is 0.352 e. The van der Waals surface area contributed by atoms with Crippen molar-refractivity contribution in [2.45, 2.75) is 13.5 Å². The van der Waals surface area contributed by atoms with Gasteiger partial charge in [-0.25, -0.2) is 25.4 Å². The number of carbonyl (C=O) groups excluding carboxylic acids is 4. The highest BCUT2D eigenvalue weighted by Gasteiger charge is 2.18. The van der Waals surface area contributed by atoms with E-state index in [1.165, 1.54) is 0 Å². The topological polar surface area (TPSA) is 129 Å². The Morgan fingerprint density at radius 2 is 1.53 bits per heavy atom. The van der Waals surface area contributed by atoms with Crippen LogP contribution in [0.1, 0.15) is 22.8 Å². The zero-order valence-corrected chi connectivity index (χ0v) is 16.4. The first kappa shape index (κ1) is 22.2. The summed E-state index contributed by atoms with van der Waals surface area (Å²) in [5.74, 6) is -1.13. The predicted octanol–water partition coefficient (Wildman–Crippen LogP) is 1.32. The first-order valence-corrected chi connectivity index (χ1v) is 9.16. The molecule has 0 aromatic heterocycles. The number of nitrogens with one attached hydrogen (secondary N) is 4. The maximum atomic E-state index is 12.4. The molecule has 0 radical (unpaired) electrons. The summed E-state index contributed by atoms with van der Waals surface area (Å²) >= 11 is 0. The van der Waals surface area contributed by atoms with Crippen molar-refractivity contribution in [3.63, 3.8) is 0 Å². The van der Waals surface area contributed by atoms with Crippen LogP contribution in [0, 0.1) is 0 Å². The third-order valence-corrected chi connectivity index (χ3v) is 3.68. The van der Waals surface area contributed by atoms with E-state index >= 15 is 0 Å². The lowest BCUT2D eigenvalue weighted by Crippen LogP contribution is -2.56. The zero-order chi connectivity index (χ0) is 21.8. The van der Waals surface area contributed by atoms with E-state index < -0.39 is 23.9 Å². The molecule has 0 aliphatic heterocycles. The molecule has 0 spiro atoms. The number of benzene rings is 2. The van der Waals surface area contributed by atoms with Crippen LogP contribution in [0.15, 0.2) is 60.7 Å². The van der Waals surface area contributed by atoms with Crippen molar-refractivity contribution in [1.82, 2.24) is 26.6 Å². The molecule has 0 aliphatic rings. The van der Waals surface area contributed by atoms with Crippen molar-refractivity contribution in [2.75, 3.05) is 13.2 Å². The van der Waals surface area contributed by atoms with Crippen LogP contribution in [0.25, 0.3) is 0 Å². The molecule has 0 saturated heterocycles. The van der Waals surface area contributed by atoms with E-state index in [0.717, 1.165) is 10.6 Å². The molecule has 5 amide bonds.